The van der Waals surface area contributed by atoms with Gasteiger partial charge in [0, 0.05) is 39.1 Å². The minimum Gasteiger partial charge on any atom is -0.308 e. The number of para-hydroxylation sites is 3. The van der Waals surface area contributed by atoms with Crippen LogP contribution in [0.1, 0.15) is 36.1 Å². The Morgan fingerprint density at radius 2 is 1.10 bits per heavy atom. The summed E-state index contributed by atoms with van der Waals surface area (Å²) < 4.78 is 10.5. The van der Waals surface area contributed by atoms with Crippen LogP contribution in [0.3, 0.4) is 0 Å². The number of benzene rings is 5. The number of rotatable bonds is 0. The number of anilines is 3. The number of pyridine rings is 2. The second-order valence-electron chi connectivity index (χ2n) is 15.0. The third kappa shape index (κ3) is 2.14. The molecule has 0 radical (unpaired) electrons. The highest BCUT2D eigenvalue weighted by Crippen LogP contribution is 2.65. The first-order valence-electron chi connectivity index (χ1n) is 17.3. The Bertz CT molecular complexity index is 3140. The summed E-state index contributed by atoms with van der Waals surface area (Å²) in [6.07, 6.45) is 0. The maximum Gasteiger partial charge on any atom is 0.319 e. The zero-order valence-corrected chi connectivity index (χ0v) is 26.9. The van der Waals surface area contributed by atoms with Gasteiger partial charge >= 0.3 is 5.66 Å². The second kappa shape index (κ2) is 7.13. The van der Waals surface area contributed by atoms with Crippen molar-refractivity contribution < 1.29 is 9.13 Å². The lowest BCUT2D eigenvalue weighted by Crippen LogP contribution is -2.76. The molecule has 0 aliphatic carbocycles. The second-order valence-corrected chi connectivity index (χ2v) is 15.0. The molecule has 1 atom stereocenters. The molecule has 4 aromatic heterocycles. The SMILES string of the molecule is CC1(C)c2ccccc2N2c3ccc4c5ccccc5n5c4c3C34c6c2c1cc1c2ccccc2n(c61)-c1cccc([n+]13)-c1cccc-5[n+]14. The molecule has 1 unspecified atom stereocenters. The lowest BCUT2D eigenvalue weighted by atomic mass is 9.68. The third-order valence-electron chi connectivity index (χ3n) is 12.7. The molecule has 9 aromatic rings. The smallest absolute Gasteiger partial charge is 0.308 e. The minimum atomic E-state index is -0.621. The van der Waals surface area contributed by atoms with Crippen LogP contribution in [0.15, 0.2) is 127 Å². The molecule has 0 amide bonds. The van der Waals surface area contributed by atoms with Crippen molar-refractivity contribution in [2.75, 3.05) is 4.90 Å². The molecular weight excluding hydrogens is 599 g/mol. The Labute approximate surface area is 280 Å². The summed E-state index contributed by atoms with van der Waals surface area (Å²) in [5.41, 5.74) is 16.2. The number of nitrogens with zero attached hydrogens (tertiary/aromatic N) is 5. The van der Waals surface area contributed by atoms with E-state index < -0.39 is 5.66 Å². The van der Waals surface area contributed by atoms with Crippen molar-refractivity contribution in [3.63, 3.8) is 0 Å². The molecule has 0 fully saturated rings. The van der Waals surface area contributed by atoms with E-state index >= 15 is 0 Å². The predicted molar refractivity (Wildman–Crippen MR) is 193 cm³/mol. The van der Waals surface area contributed by atoms with Gasteiger partial charge in [0.1, 0.15) is 22.2 Å². The number of aromatic nitrogens is 4. The summed E-state index contributed by atoms with van der Waals surface area (Å²) in [6, 6.07) is 48.3. The van der Waals surface area contributed by atoms with Crippen LogP contribution in [0, 0.1) is 0 Å². The first-order chi connectivity index (χ1) is 24.1. The van der Waals surface area contributed by atoms with Gasteiger partial charge in [0.15, 0.2) is 22.4 Å². The van der Waals surface area contributed by atoms with Gasteiger partial charge in [-0.05, 0) is 83.9 Å². The highest BCUT2D eigenvalue weighted by atomic mass is 15.4. The van der Waals surface area contributed by atoms with Crippen LogP contribution < -0.4 is 14.0 Å². The van der Waals surface area contributed by atoms with Gasteiger partial charge in [-0.25, -0.2) is 0 Å². The van der Waals surface area contributed by atoms with Crippen molar-refractivity contribution in [1.29, 1.82) is 0 Å². The fourth-order valence-corrected chi connectivity index (χ4v) is 11.0. The Morgan fingerprint density at radius 1 is 0.490 bits per heavy atom. The number of hydrogen-bond donors (Lipinski definition) is 0. The molecule has 5 aliphatic rings. The zero-order valence-electron chi connectivity index (χ0n) is 26.9. The van der Waals surface area contributed by atoms with Crippen molar-refractivity contribution in [2.24, 2.45) is 0 Å². The van der Waals surface area contributed by atoms with E-state index in [-0.39, 0.29) is 5.41 Å². The molecule has 1 spiro atoms. The van der Waals surface area contributed by atoms with Crippen molar-refractivity contribution in [2.45, 2.75) is 24.9 Å². The van der Waals surface area contributed by atoms with E-state index in [0.29, 0.717) is 0 Å². The van der Waals surface area contributed by atoms with Crippen LogP contribution in [0.2, 0.25) is 0 Å². The van der Waals surface area contributed by atoms with Crippen LogP contribution in [0.4, 0.5) is 17.1 Å². The quantitative estimate of drug-likeness (QED) is 0.154. The molecule has 49 heavy (non-hydrogen) atoms. The highest BCUT2D eigenvalue weighted by Gasteiger charge is 2.70. The van der Waals surface area contributed by atoms with Crippen molar-refractivity contribution >= 4 is 60.7 Å². The largest absolute Gasteiger partial charge is 0.319 e. The van der Waals surface area contributed by atoms with Gasteiger partial charge in [0.25, 0.3) is 11.6 Å². The first kappa shape index (κ1) is 24.0. The van der Waals surface area contributed by atoms with E-state index in [1.54, 1.807) is 0 Å². The van der Waals surface area contributed by atoms with Gasteiger partial charge in [-0.15, -0.1) is 0 Å². The molecule has 14 rings (SSSR count). The van der Waals surface area contributed by atoms with Crippen LogP contribution in [-0.4, -0.2) is 9.13 Å². The van der Waals surface area contributed by atoms with Crippen LogP contribution >= 0.6 is 0 Å². The van der Waals surface area contributed by atoms with Gasteiger partial charge < -0.3 is 4.90 Å². The minimum absolute atomic E-state index is 0.214. The van der Waals surface area contributed by atoms with Crippen molar-refractivity contribution in [1.82, 2.24) is 9.13 Å². The Hall–Kier alpha value is -6.20. The van der Waals surface area contributed by atoms with E-state index in [0.717, 1.165) is 0 Å². The van der Waals surface area contributed by atoms with Gasteiger partial charge in [0.2, 0.25) is 0 Å². The van der Waals surface area contributed by atoms with Gasteiger partial charge in [-0.1, -0.05) is 56.3 Å². The molecule has 9 heterocycles. The van der Waals surface area contributed by atoms with E-state index in [9.17, 15) is 0 Å². The molecular formula is C44H27N5+2. The normalized spacial score (nSPS) is 18.6. The Balaban J connectivity index is 1.37. The van der Waals surface area contributed by atoms with E-state index in [1.807, 2.05) is 0 Å². The molecule has 5 aromatic carbocycles. The summed E-state index contributed by atoms with van der Waals surface area (Å²) in [5.74, 6) is 2.42. The van der Waals surface area contributed by atoms with E-state index in [2.05, 4.69) is 164 Å². The van der Waals surface area contributed by atoms with Gasteiger partial charge in [-0.2, -0.15) is 18.3 Å². The Kier molecular flexibility index (Phi) is 3.49. The maximum atomic E-state index is 2.70. The van der Waals surface area contributed by atoms with E-state index in [4.69, 9.17) is 0 Å². The maximum absolute atomic E-state index is 2.70. The molecule has 0 saturated heterocycles. The lowest BCUT2D eigenvalue weighted by molar-refractivity contribution is -0.934. The summed E-state index contributed by atoms with van der Waals surface area (Å²) >= 11 is 0. The standard InChI is InChI=1S/C44H27N5/c1-43(2)28-13-5-8-16-32(28)45-35-22-21-26-24-11-3-6-14-30(24)46-36-19-9-17-33-34-18-10-20-37-47-31-15-7-4-12-25(31)27-23-29(43)42(45)39(41(27)47)44(48(33)36,49(34)37)38(35)40(26)46/h3-23H,1-2H3/q+2. The first-order valence-corrected chi connectivity index (χ1v) is 17.3. The molecule has 226 valence electrons. The molecule has 5 heteroatoms. The summed E-state index contributed by atoms with van der Waals surface area (Å²) in [6.45, 7) is 4.86. The average Bonchev–Trinajstić information content (AvgIpc) is 3.77. The molecule has 0 bridgehead atoms. The number of fused-ring (bicyclic) bond motifs is 12. The summed E-state index contributed by atoms with van der Waals surface area (Å²) in [4.78, 5) is 2.63. The Morgan fingerprint density at radius 3 is 1.82 bits per heavy atom. The van der Waals surface area contributed by atoms with Gasteiger partial charge in [-0.3, -0.25) is 0 Å². The van der Waals surface area contributed by atoms with Crippen LogP contribution in [0.25, 0.3) is 66.6 Å². The van der Waals surface area contributed by atoms with Crippen molar-refractivity contribution in [3.05, 3.63) is 150 Å². The molecule has 0 N–H and O–H groups in total. The predicted octanol–water partition coefficient (Wildman–Crippen LogP) is 8.78. The van der Waals surface area contributed by atoms with Crippen LogP contribution in [0.5, 0.6) is 0 Å². The zero-order chi connectivity index (χ0) is 31.7. The fourth-order valence-electron chi connectivity index (χ4n) is 11.0. The fraction of sp³-hybridized carbons (Fsp3) is 0.0909. The van der Waals surface area contributed by atoms with E-state index in [1.165, 1.54) is 106 Å². The molecule has 5 nitrogen and oxygen atoms in total. The molecule has 5 aliphatic heterocycles. The highest BCUT2D eigenvalue weighted by molar-refractivity contribution is 6.17. The number of hydrogen-bond acceptors (Lipinski definition) is 1. The van der Waals surface area contributed by atoms with Crippen molar-refractivity contribution in [3.8, 4) is 23.0 Å². The molecule has 0 saturated carbocycles. The average molecular weight is 626 g/mol. The third-order valence-corrected chi connectivity index (χ3v) is 12.7. The van der Waals surface area contributed by atoms with Crippen LogP contribution in [-0.2, 0) is 11.1 Å². The summed E-state index contributed by atoms with van der Waals surface area (Å²) in [7, 11) is 0. The van der Waals surface area contributed by atoms with Gasteiger partial charge in [0.05, 0.1) is 17.1 Å². The summed E-state index contributed by atoms with van der Waals surface area (Å²) in [5, 5.41) is 5.23. The topological polar surface area (TPSA) is 20.9 Å². The monoisotopic (exact) mass is 625 g/mol. The lowest BCUT2D eigenvalue weighted by Gasteiger charge is -2.49.